The summed E-state index contributed by atoms with van der Waals surface area (Å²) in [4.78, 5) is 0.224. The molecule has 0 radical (unpaired) electrons. The van der Waals surface area contributed by atoms with Gasteiger partial charge in [-0.3, -0.25) is 0 Å². The average molecular weight is 354 g/mol. The largest absolute Gasteiger partial charge is 0.356 e. The Balaban J connectivity index is 1.63. The van der Waals surface area contributed by atoms with E-state index in [-0.39, 0.29) is 10.9 Å². The number of nitrogens with zero attached hydrogens (tertiary/aromatic N) is 1. The summed E-state index contributed by atoms with van der Waals surface area (Å²) in [6.07, 6.45) is 3.20. The third kappa shape index (κ3) is 3.10. The number of hydrogen-bond donors (Lipinski definition) is 1. The molecule has 6 heteroatoms. The number of fused-ring (bicyclic) bond motifs is 1. The van der Waals surface area contributed by atoms with Gasteiger partial charge in [-0.15, -0.1) is 0 Å². The van der Waals surface area contributed by atoms with Gasteiger partial charge in [-0.05, 0) is 43.0 Å². The predicted molar refractivity (Wildman–Crippen MR) is 94.5 cm³/mol. The van der Waals surface area contributed by atoms with Crippen molar-refractivity contribution in [2.45, 2.75) is 30.7 Å². The Labute approximate surface area is 146 Å². The molecule has 128 valence electrons. The summed E-state index contributed by atoms with van der Waals surface area (Å²) in [6.45, 7) is 2.05. The maximum Gasteiger partial charge on any atom is 0.241 e. The second kappa shape index (κ2) is 6.13. The highest BCUT2D eigenvalue weighted by atomic mass is 32.2. The summed E-state index contributed by atoms with van der Waals surface area (Å²) in [7, 11) is -3.62. The smallest absolute Gasteiger partial charge is 0.241 e. The van der Waals surface area contributed by atoms with E-state index in [0.717, 1.165) is 18.4 Å². The highest BCUT2D eigenvalue weighted by Crippen LogP contribution is 2.33. The van der Waals surface area contributed by atoms with Crippen LogP contribution in [0.15, 0.2) is 64.1 Å². The summed E-state index contributed by atoms with van der Waals surface area (Å²) >= 11 is 0. The van der Waals surface area contributed by atoms with Gasteiger partial charge in [-0.1, -0.05) is 41.1 Å². The van der Waals surface area contributed by atoms with Crippen molar-refractivity contribution in [3.63, 3.8) is 0 Å². The van der Waals surface area contributed by atoms with Crippen LogP contribution in [0.5, 0.6) is 0 Å². The van der Waals surface area contributed by atoms with Crippen LogP contribution in [-0.2, 0) is 16.4 Å². The molecule has 3 aromatic rings. The van der Waals surface area contributed by atoms with Crippen LogP contribution in [0.2, 0.25) is 0 Å². The van der Waals surface area contributed by atoms with E-state index >= 15 is 0 Å². The molecule has 1 aromatic heterocycles. The molecular weight excluding hydrogens is 336 g/mol. The summed E-state index contributed by atoms with van der Waals surface area (Å²) in [5.41, 5.74) is 4.17. The summed E-state index contributed by atoms with van der Waals surface area (Å²) < 4.78 is 33.6. The lowest BCUT2D eigenvalue weighted by molar-refractivity contribution is 0.432. The van der Waals surface area contributed by atoms with Gasteiger partial charge in [0, 0.05) is 17.7 Å². The van der Waals surface area contributed by atoms with E-state index in [1.54, 1.807) is 30.3 Å². The van der Waals surface area contributed by atoms with E-state index in [4.69, 9.17) is 4.52 Å². The van der Waals surface area contributed by atoms with Crippen LogP contribution in [0.25, 0.3) is 11.3 Å². The van der Waals surface area contributed by atoms with Crippen LogP contribution < -0.4 is 4.72 Å². The molecule has 0 saturated carbocycles. The van der Waals surface area contributed by atoms with Gasteiger partial charge in [0.25, 0.3) is 0 Å². The van der Waals surface area contributed by atoms with E-state index in [2.05, 4.69) is 15.9 Å². The molecule has 1 aliphatic rings. The summed E-state index contributed by atoms with van der Waals surface area (Å²) in [5.74, 6) is 0.540. The fourth-order valence-corrected chi connectivity index (χ4v) is 4.60. The van der Waals surface area contributed by atoms with Crippen LogP contribution in [-0.4, -0.2) is 13.6 Å². The topological polar surface area (TPSA) is 72.2 Å². The minimum atomic E-state index is -3.62. The number of rotatable bonds is 4. The molecule has 0 amide bonds. The normalized spacial score (nSPS) is 16.8. The van der Waals surface area contributed by atoms with Gasteiger partial charge in [0.15, 0.2) is 5.76 Å². The van der Waals surface area contributed by atoms with Gasteiger partial charge in [-0.2, -0.15) is 0 Å². The molecule has 0 saturated heterocycles. The highest BCUT2D eigenvalue weighted by molar-refractivity contribution is 7.89. The van der Waals surface area contributed by atoms with Crippen LogP contribution in [0.3, 0.4) is 0 Å². The highest BCUT2D eigenvalue weighted by Gasteiger charge is 2.27. The number of nitrogens with one attached hydrogen (secondary N) is 1. The number of sulfonamides is 1. The Morgan fingerprint density at radius 2 is 2.04 bits per heavy atom. The Hall–Kier alpha value is -2.44. The molecule has 0 fully saturated rings. The SMILES string of the molecule is Cc1ccc2c(c1)CCC2NS(=O)(=O)c1cccc(-c2ccno2)c1. The van der Waals surface area contributed by atoms with Crippen molar-refractivity contribution in [1.29, 1.82) is 0 Å². The number of benzene rings is 2. The minimum Gasteiger partial charge on any atom is -0.356 e. The molecule has 0 bridgehead atoms. The molecule has 0 aliphatic heterocycles. The van der Waals surface area contributed by atoms with Gasteiger partial charge in [0.1, 0.15) is 0 Å². The minimum absolute atomic E-state index is 0.186. The Bertz CT molecular complexity index is 1010. The first-order valence-corrected chi connectivity index (χ1v) is 9.64. The van der Waals surface area contributed by atoms with Gasteiger partial charge < -0.3 is 4.52 Å². The molecule has 4 rings (SSSR count). The molecule has 1 N–H and O–H groups in total. The molecule has 25 heavy (non-hydrogen) atoms. The Morgan fingerprint density at radius 1 is 1.16 bits per heavy atom. The molecule has 1 aliphatic carbocycles. The average Bonchev–Trinajstić information content (AvgIpc) is 3.25. The molecule has 0 spiro atoms. The maximum absolute atomic E-state index is 12.8. The fraction of sp³-hybridized carbons (Fsp3) is 0.211. The molecule has 1 atom stereocenters. The van der Waals surface area contributed by atoms with E-state index in [1.807, 2.05) is 19.1 Å². The Morgan fingerprint density at radius 3 is 2.84 bits per heavy atom. The third-order valence-corrected chi connectivity index (χ3v) is 6.01. The lowest BCUT2D eigenvalue weighted by Gasteiger charge is -2.15. The second-order valence-electron chi connectivity index (χ2n) is 6.32. The van der Waals surface area contributed by atoms with Crippen molar-refractivity contribution >= 4 is 10.0 Å². The Kier molecular flexibility index (Phi) is 3.94. The van der Waals surface area contributed by atoms with E-state index in [9.17, 15) is 8.42 Å². The monoisotopic (exact) mass is 354 g/mol. The van der Waals surface area contributed by atoms with Crippen molar-refractivity contribution in [2.24, 2.45) is 0 Å². The van der Waals surface area contributed by atoms with Crippen LogP contribution >= 0.6 is 0 Å². The van der Waals surface area contributed by atoms with E-state index in [1.165, 1.54) is 17.3 Å². The number of aryl methyl sites for hydroxylation is 2. The number of aromatic nitrogens is 1. The second-order valence-corrected chi connectivity index (χ2v) is 8.03. The van der Waals surface area contributed by atoms with Crippen molar-refractivity contribution in [3.05, 3.63) is 71.4 Å². The summed E-state index contributed by atoms with van der Waals surface area (Å²) in [6, 6.07) is 14.4. The van der Waals surface area contributed by atoms with Gasteiger partial charge in [0.05, 0.1) is 11.1 Å². The first kappa shape index (κ1) is 16.1. The third-order valence-electron chi connectivity index (χ3n) is 4.54. The van der Waals surface area contributed by atoms with Crippen molar-refractivity contribution in [1.82, 2.24) is 9.88 Å². The zero-order valence-electron chi connectivity index (χ0n) is 13.8. The van der Waals surface area contributed by atoms with Crippen molar-refractivity contribution in [2.75, 3.05) is 0 Å². The van der Waals surface area contributed by atoms with E-state index in [0.29, 0.717) is 11.3 Å². The zero-order chi connectivity index (χ0) is 17.4. The fourth-order valence-electron chi connectivity index (χ4n) is 3.31. The standard InChI is InChI=1S/C19H18N2O3S/c1-13-5-7-17-14(11-13)6-8-18(17)21-25(22,23)16-4-2-3-15(12-16)19-9-10-20-24-19/h2-5,7,9-12,18,21H,6,8H2,1H3. The van der Waals surface area contributed by atoms with Crippen molar-refractivity contribution < 1.29 is 12.9 Å². The molecule has 2 aromatic carbocycles. The first-order valence-electron chi connectivity index (χ1n) is 8.16. The van der Waals surface area contributed by atoms with Crippen LogP contribution in [0, 0.1) is 6.92 Å². The molecule has 1 unspecified atom stereocenters. The van der Waals surface area contributed by atoms with E-state index < -0.39 is 10.0 Å². The predicted octanol–water partition coefficient (Wildman–Crippen LogP) is 3.62. The first-order chi connectivity index (χ1) is 12.0. The van der Waals surface area contributed by atoms with Gasteiger partial charge in [-0.25, -0.2) is 13.1 Å². The number of hydrogen-bond acceptors (Lipinski definition) is 4. The van der Waals surface area contributed by atoms with Gasteiger partial charge in [0.2, 0.25) is 10.0 Å². The maximum atomic E-state index is 12.8. The summed E-state index contributed by atoms with van der Waals surface area (Å²) in [5, 5.41) is 3.67. The zero-order valence-corrected chi connectivity index (χ0v) is 14.6. The quantitative estimate of drug-likeness (QED) is 0.777. The molecule has 1 heterocycles. The lowest BCUT2D eigenvalue weighted by atomic mass is 10.1. The van der Waals surface area contributed by atoms with Crippen molar-refractivity contribution in [3.8, 4) is 11.3 Å². The van der Waals surface area contributed by atoms with Gasteiger partial charge >= 0.3 is 0 Å². The molecule has 5 nitrogen and oxygen atoms in total. The van der Waals surface area contributed by atoms with Crippen LogP contribution in [0.4, 0.5) is 0 Å². The molecular formula is C19H18N2O3S. The van der Waals surface area contributed by atoms with Crippen LogP contribution in [0.1, 0.15) is 29.2 Å². The lowest BCUT2D eigenvalue weighted by Crippen LogP contribution is -2.27.